The lowest BCUT2D eigenvalue weighted by atomic mass is 9.98. The van der Waals surface area contributed by atoms with Crippen molar-refractivity contribution in [2.24, 2.45) is 0 Å². The van der Waals surface area contributed by atoms with E-state index in [9.17, 15) is 10.4 Å². The quantitative estimate of drug-likeness (QED) is 0.533. The first-order valence-electron chi connectivity index (χ1n) is 7.90. The van der Waals surface area contributed by atoms with Crippen molar-refractivity contribution in [2.45, 2.75) is 10.1 Å². The Morgan fingerprint density at radius 1 is 1.19 bits per heavy atom. The summed E-state index contributed by atoms with van der Waals surface area (Å²) in [6.45, 7) is 0. The van der Waals surface area contributed by atoms with Gasteiger partial charge in [0, 0.05) is 21.0 Å². The predicted octanol–water partition coefficient (Wildman–Crippen LogP) is 4.57. The summed E-state index contributed by atoms with van der Waals surface area (Å²) in [5, 5.41) is 19.0. The standard InChI is InChI=1S/C19H13BrN4O2S/c20-9-1-4-11(5-2-9)27-17-12-6-3-10(25)7-14(12)26-19-15(17)16(22)13(8-21)18(23)24-19/h1-7,17,25H,(H4,22,23,24). The maximum absolute atomic E-state index is 9.83. The molecule has 0 aliphatic carbocycles. The van der Waals surface area contributed by atoms with Crippen LogP contribution in [0, 0.1) is 11.3 Å². The number of aromatic hydroxyl groups is 1. The van der Waals surface area contributed by atoms with Crippen molar-refractivity contribution in [1.29, 1.82) is 5.26 Å². The van der Waals surface area contributed by atoms with Gasteiger partial charge in [-0.15, -0.1) is 11.8 Å². The molecule has 0 fully saturated rings. The fraction of sp³-hybridized carbons (Fsp3) is 0.0526. The number of aromatic nitrogens is 1. The number of nitrogens with zero attached hydrogens (tertiary/aromatic N) is 2. The van der Waals surface area contributed by atoms with E-state index in [0.717, 1.165) is 14.9 Å². The Kier molecular flexibility index (Phi) is 4.34. The van der Waals surface area contributed by atoms with Crippen molar-refractivity contribution in [2.75, 3.05) is 11.5 Å². The van der Waals surface area contributed by atoms with Gasteiger partial charge in [0.05, 0.1) is 16.5 Å². The Balaban J connectivity index is 1.91. The number of ether oxygens (including phenoxy) is 1. The molecule has 2 heterocycles. The molecule has 0 spiro atoms. The lowest BCUT2D eigenvalue weighted by Crippen LogP contribution is -2.14. The highest BCUT2D eigenvalue weighted by Crippen LogP contribution is 2.54. The molecule has 0 radical (unpaired) electrons. The smallest absolute Gasteiger partial charge is 0.228 e. The number of fused-ring (bicyclic) bond motifs is 2. The van der Waals surface area contributed by atoms with Gasteiger partial charge in [-0.05, 0) is 30.3 Å². The van der Waals surface area contributed by atoms with Gasteiger partial charge in [0.2, 0.25) is 5.88 Å². The highest BCUT2D eigenvalue weighted by atomic mass is 79.9. The first kappa shape index (κ1) is 17.5. The minimum Gasteiger partial charge on any atom is -0.508 e. The molecule has 1 atom stereocenters. The van der Waals surface area contributed by atoms with E-state index in [1.165, 1.54) is 6.07 Å². The number of thioether (sulfide) groups is 1. The topological polar surface area (TPSA) is 118 Å². The fourth-order valence-electron chi connectivity index (χ4n) is 2.92. The number of nitrogens with two attached hydrogens (primary N) is 2. The largest absolute Gasteiger partial charge is 0.508 e. The van der Waals surface area contributed by atoms with E-state index < -0.39 is 0 Å². The molecule has 0 saturated heterocycles. The molecule has 8 heteroatoms. The van der Waals surface area contributed by atoms with Crippen LogP contribution in [-0.2, 0) is 0 Å². The van der Waals surface area contributed by atoms with Crippen molar-refractivity contribution >= 4 is 39.2 Å². The summed E-state index contributed by atoms with van der Waals surface area (Å²) in [5.74, 6) is 0.828. The molecule has 134 valence electrons. The van der Waals surface area contributed by atoms with Crippen LogP contribution in [0.5, 0.6) is 17.4 Å². The average molecular weight is 441 g/mol. The van der Waals surface area contributed by atoms with Gasteiger partial charge in [0.25, 0.3) is 0 Å². The monoisotopic (exact) mass is 440 g/mol. The average Bonchev–Trinajstić information content (AvgIpc) is 2.63. The summed E-state index contributed by atoms with van der Waals surface area (Å²) in [5.41, 5.74) is 14.0. The number of hydrogen-bond acceptors (Lipinski definition) is 7. The lowest BCUT2D eigenvalue weighted by Gasteiger charge is -2.29. The van der Waals surface area contributed by atoms with Crippen LogP contribution in [0.25, 0.3) is 0 Å². The minimum atomic E-state index is -0.272. The molecular weight excluding hydrogens is 428 g/mol. The number of nitrogen functional groups attached to an aromatic ring is 2. The van der Waals surface area contributed by atoms with E-state index in [-0.39, 0.29) is 33.9 Å². The van der Waals surface area contributed by atoms with Crippen LogP contribution < -0.4 is 16.2 Å². The number of benzene rings is 2. The van der Waals surface area contributed by atoms with E-state index in [2.05, 4.69) is 20.9 Å². The second-order valence-electron chi connectivity index (χ2n) is 5.89. The van der Waals surface area contributed by atoms with Crippen molar-refractivity contribution in [1.82, 2.24) is 4.98 Å². The summed E-state index contributed by atoms with van der Waals surface area (Å²) in [6.07, 6.45) is 0. The molecule has 1 aliphatic rings. The number of hydrogen-bond donors (Lipinski definition) is 3. The van der Waals surface area contributed by atoms with Gasteiger partial charge >= 0.3 is 0 Å². The van der Waals surface area contributed by atoms with Crippen LogP contribution in [0.1, 0.15) is 21.9 Å². The molecule has 2 aromatic carbocycles. The number of rotatable bonds is 2. The Morgan fingerprint density at radius 3 is 2.63 bits per heavy atom. The van der Waals surface area contributed by atoms with E-state index in [0.29, 0.717) is 11.3 Å². The van der Waals surface area contributed by atoms with Crippen molar-refractivity contribution in [3.63, 3.8) is 0 Å². The third-order valence-electron chi connectivity index (χ3n) is 4.20. The molecule has 5 N–H and O–H groups in total. The van der Waals surface area contributed by atoms with Gasteiger partial charge in [0.1, 0.15) is 28.9 Å². The Morgan fingerprint density at radius 2 is 1.93 bits per heavy atom. The van der Waals surface area contributed by atoms with Crippen LogP contribution in [0.2, 0.25) is 0 Å². The van der Waals surface area contributed by atoms with Gasteiger partial charge < -0.3 is 21.3 Å². The van der Waals surface area contributed by atoms with Crippen LogP contribution in [-0.4, -0.2) is 10.1 Å². The highest BCUT2D eigenvalue weighted by Gasteiger charge is 2.33. The summed E-state index contributed by atoms with van der Waals surface area (Å²) in [4.78, 5) is 5.23. The maximum atomic E-state index is 9.83. The number of anilines is 2. The molecule has 1 unspecified atom stereocenters. The fourth-order valence-corrected chi connectivity index (χ4v) is 4.42. The summed E-state index contributed by atoms with van der Waals surface area (Å²) in [6, 6.07) is 14.8. The molecule has 1 aromatic heterocycles. The van der Waals surface area contributed by atoms with Gasteiger partial charge in [-0.3, -0.25) is 0 Å². The first-order chi connectivity index (χ1) is 13.0. The molecule has 0 amide bonds. The van der Waals surface area contributed by atoms with E-state index in [1.54, 1.807) is 23.9 Å². The molecule has 27 heavy (non-hydrogen) atoms. The third kappa shape index (κ3) is 3.05. The van der Waals surface area contributed by atoms with Gasteiger partial charge in [-0.1, -0.05) is 22.0 Å². The molecule has 6 nitrogen and oxygen atoms in total. The number of phenols is 1. The van der Waals surface area contributed by atoms with Crippen molar-refractivity contribution in [3.05, 3.63) is 63.6 Å². The molecule has 1 aliphatic heterocycles. The Hall–Kier alpha value is -2.89. The van der Waals surface area contributed by atoms with Crippen LogP contribution in [0.3, 0.4) is 0 Å². The predicted molar refractivity (Wildman–Crippen MR) is 108 cm³/mol. The number of nitriles is 1. The highest BCUT2D eigenvalue weighted by molar-refractivity contribution is 9.10. The maximum Gasteiger partial charge on any atom is 0.228 e. The van der Waals surface area contributed by atoms with Crippen molar-refractivity contribution < 1.29 is 9.84 Å². The van der Waals surface area contributed by atoms with Gasteiger partial charge in [0.15, 0.2) is 0 Å². The summed E-state index contributed by atoms with van der Waals surface area (Å²) >= 11 is 4.98. The second kappa shape index (κ2) is 6.68. The summed E-state index contributed by atoms with van der Waals surface area (Å²) in [7, 11) is 0. The summed E-state index contributed by atoms with van der Waals surface area (Å²) < 4.78 is 6.82. The third-order valence-corrected chi connectivity index (χ3v) is 5.99. The zero-order chi connectivity index (χ0) is 19.1. The van der Waals surface area contributed by atoms with Gasteiger partial charge in [-0.25, -0.2) is 0 Å². The van der Waals surface area contributed by atoms with Crippen LogP contribution in [0.4, 0.5) is 11.5 Å². The molecule has 4 rings (SSSR count). The molecule has 0 saturated carbocycles. The SMILES string of the molecule is N#Cc1c(N)nc2c(c1N)C(Sc1ccc(Br)cc1)c1ccc(O)cc1O2. The Bertz CT molecular complexity index is 1100. The number of phenolic OH excluding ortho intramolecular Hbond substituents is 1. The van der Waals surface area contributed by atoms with Crippen LogP contribution in [0.15, 0.2) is 51.8 Å². The number of halogens is 1. The second-order valence-corrected chi connectivity index (χ2v) is 7.99. The lowest BCUT2D eigenvalue weighted by molar-refractivity contribution is 0.429. The van der Waals surface area contributed by atoms with Crippen LogP contribution >= 0.6 is 27.7 Å². The first-order valence-corrected chi connectivity index (χ1v) is 9.57. The van der Waals surface area contributed by atoms with Crippen molar-refractivity contribution in [3.8, 4) is 23.4 Å². The Labute approximate surface area is 167 Å². The number of pyridine rings is 1. The zero-order valence-electron chi connectivity index (χ0n) is 13.8. The van der Waals surface area contributed by atoms with E-state index >= 15 is 0 Å². The molecule has 0 bridgehead atoms. The normalized spacial score (nSPS) is 14.6. The minimum absolute atomic E-state index is 0.0183. The van der Waals surface area contributed by atoms with Gasteiger partial charge in [-0.2, -0.15) is 10.2 Å². The zero-order valence-corrected chi connectivity index (χ0v) is 16.2. The van der Waals surface area contributed by atoms with E-state index in [1.807, 2.05) is 30.3 Å². The molecule has 3 aromatic rings. The molecular formula is C19H13BrN4O2S. The van der Waals surface area contributed by atoms with E-state index in [4.69, 9.17) is 16.2 Å².